The van der Waals surface area contributed by atoms with Crippen LogP contribution in [0.5, 0.6) is 0 Å². The van der Waals surface area contributed by atoms with Crippen LogP contribution in [-0.4, -0.2) is 37.5 Å². The smallest absolute Gasteiger partial charge is 0.361 e. The molecule has 2 aromatic heterocycles. The second-order valence-electron chi connectivity index (χ2n) is 3.70. The van der Waals surface area contributed by atoms with Crippen LogP contribution in [0.25, 0.3) is 0 Å². The van der Waals surface area contributed by atoms with Crippen molar-refractivity contribution in [1.82, 2.24) is 25.0 Å². The zero-order chi connectivity index (χ0) is 14.5. The van der Waals surface area contributed by atoms with Crippen molar-refractivity contribution >= 4 is 5.97 Å². The first-order valence-electron chi connectivity index (χ1n) is 5.77. The first kappa shape index (κ1) is 14.0. The summed E-state index contributed by atoms with van der Waals surface area (Å²) in [6.45, 7) is 1.59. The van der Waals surface area contributed by atoms with E-state index in [1.807, 2.05) is 0 Å². The van der Waals surface area contributed by atoms with Gasteiger partial charge in [0.2, 0.25) is 0 Å². The van der Waals surface area contributed by atoms with E-state index in [0.29, 0.717) is 5.69 Å². The van der Waals surface area contributed by atoms with Gasteiger partial charge in [-0.1, -0.05) is 5.21 Å². The molecule has 0 atom stereocenters. The summed E-state index contributed by atoms with van der Waals surface area (Å²) < 4.78 is 31.7. The normalized spacial score (nSPS) is 10.8. The van der Waals surface area contributed by atoms with Gasteiger partial charge in [0, 0.05) is 12.4 Å². The largest absolute Gasteiger partial charge is 0.461 e. The summed E-state index contributed by atoms with van der Waals surface area (Å²) in [5.41, 5.74) is -0.644. The summed E-state index contributed by atoms with van der Waals surface area (Å²) in [7, 11) is 0. The maximum absolute atomic E-state index is 13.1. The molecule has 0 aliphatic rings. The van der Waals surface area contributed by atoms with Gasteiger partial charge in [-0.2, -0.15) is 0 Å². The number of carbonyl (C=O) groups excluding carboxylic acids is 1. The molecule has 0 aromatic carbocycles. The fourth-order valence-corrected chi connectivity index (χ4v) is 1.56. The predicted molar refractivity (Wildman–Crippen MR) is 62.1 cm³/mol. The van der Waals surface area contributed by atoms with E-state index in [2.05, 4.69) is 25.0 Å². The quantitative estimate of drug-likeness (QED) is 0.767. The first-order valence-corrected chi connectivity index (χ1v) is 5.77. The summed E-state index contributed by atoms with van der Waals surface area (Å²) >= 11 is 0. The topological polar surface area (TPSA) is 82.8 Å². The number of ether oxygens (including phenoxy) is 1. The minimum absolute atomic E-state index is 0.0556. The minimum Gasteiger partial charge on any atom is -0.461 e. The average Bonchev–Trinajstić information content (AvgIpc) is 2.84. The number of hydrogen-bond donors (Lipinski definition) is 0. The van der Waals surface area contributed by atoms with Crippen LogP contribution >= 0.6 is 0 Å². The summed E-state index contributed by atoms with van der Waals surface area (Å²) in [6, 6.07) is 0. The number of hydrogen-bond acceptors (Lipinski definition) is 6. The van der Waals surface area contributed by atoms with Gasteiger partial charge >= 0.3 is 5.97 Å². The third kappa shape index (κ3) is 2.92. The SMILES string of the molecule is CCOC(=O)c1nnn(Cc2cnccn2)c1C(F)F. The highest BCUT2D eigenvalue weighted by Gasteiger charge is 2.27. The zero-order valence-corrected chi connectivity index (χ0v) is 10.5. The highest BCUT2D eigenvalue weighted by Crippen LogP contribution is 2.22. The lowest BCUT2D eigenvalue weighted by Gasteiger charge is -2.06. The zero-order valence-electron chi connectivity index (χ0n) is 10.5. The number of alkyl halides is 2. The van der Waals surface area contributed by atoms with Crippen molar-refractivity contribution in [2.24, 2.45) is 0 Å². The van der Waals surface area contributed by atoms with Crippen molar-refractivity contribution in [3.05, 3.63) is 35.7 Å². The summed E-state index contributed by atoms with van der Waals surface area (Å²) in [5, 5.41) is 7.02. The third-order valence-corrected chi connectivity index (χ3v) is 2.38. The van der Waals surface area contributed by atoms with Gasteiger partial charge in [0.1, 0.15) is 5.69 Å². The van der Waals surface area contributed by atoms with E-state index >= 15 is 0 Å². The Morgan fingerprint density at radius 2 is 2.25 bits per heavy atom. The fourth-order valence-electron chi connectivity index (χ4n) is 1.56. The molecule has 0 amide bonds. The molecule has 0 radical (unpaired) electrons. The Hall–Kier alpha value is -2.45. The van der Waals surface area contributed by atoms with Crippen LogP contribution in [0.3, 0.4) is 0 Å². The number of rotatable bonds is 5. The van der Waals surface area contributed by atoms with Gasteiger partial charge in [-0.05, 0) is 6.92 Å². The molecule has 2 rings (SSSR count). The van der Waals surface area contributed by atoms with Gasteiger partial charge in [-0.25, -0.2) is 18.3 Å². The lowest BCUT2D eigenvalue weighted by atomic mass is 10.3. The Kier molecular flexibility index (Phi) is 4.28. The lowest BCUT2D eigenvalue weighted by molar-refractivity contribution is 0.0506. The van der Waals surface area contributed by atoms with E-state index in [1.165, 1.54) is 18.6 Å². The van der Waals surface area contributed by atoms with Crippen LogP contribution in [0.1, 0.15) is 35.2 Å². The van der Waals surface area contributed by atoms with Crippen LogP contribution in [0, 0.1) is 0 Å². The van der Waals surface area contributed by atoms with E-state index in [4.69, 9.17) is 0 Å². The first-order chi connectivity index (χ1) is 9.63. The maximum atomic E-state index is 13.1. The second-order valence-corrected chi connectivity index (χ2v) is 3.70. The van der Waals surface area contributed by atoms with Crippen molar-refractivity contribution in [2.75, 3.05) is 6.61 Å². The van der Waals surface area contributed by atoms with E-state index in [9.17, 15) is 13.6 Å². The van der Waals surface area contributed by atoms with Crippen LogP contribution in [0.2, 0.25) is 0 Å². The van der Waals surface area contributed by atoms with Gasteiger partial charge in [0.25, 0.3) is 6.43 Å². The molecule has 2 aromatic rings. The van der Waals surface area contributed by atoms with Crippen molar-refractivity contribution in [2.45, 2.75) is 19.9 Å². The number of esters is 1. The van der Waals surface area contributed by atoms with Gasteiger partial charge in [-0.15, -0.1) is 5.10 Å². The molecule has 20 heavy (non-hydrogen) atoms. The Balaban J connectivity index is 2.32. The monoisotopic (exact) mass is 283 g/mol. The van der Waals surface area contributed by atoms with Crippen LogP contribution in [-0.2, 0) is 11.3 Å². The molecule has 0 unspecified atom stereocenters. The molecule has 0 saturated heterocycles. The highest BCUT2D eigenvalue weighted by atomic mass is 19.3. The second kappa shape index (κ2) is 6.13. The van der Waals surface area contributed by atoms with Crippen LogP contribution < -0.4 is 0 Å². The minimum atomic E-state index is -2.90. The highest BCUT2D eigenvalue weighted by molar-refractivity contribution is 5.88. The molecule has 0 aliphatic heterocycles. The number of halogens is 2. The van der Waals surface area contributed by atoms with Gasteiger partial charge in [-0.3, -0.25) is 9.97 Å². The molecule has 9 heteroatoms. The molecular formula is C11H11F2N5O2. The lowest BCUT2D eigenvalue weighted by Crippen LogP contribution is -2.12. The average molecular weight is 283 g/mol. The maximum Gasteiger partial charge on any atom is 0.361 e. The van der Waals surface area contributed by atoms with Crippen molar-refractivity contribution in [3.63, 3.8) is 0 Å². The van der Waals surface area contributed by atoms with Crippen LogP contribution in [0.15, 0.2) is 18.6 Å². The van der Waals surface area contributed by atoms with Crippen molar-refractivity contribution in [1.29, 1.82) is 0 Å². The van der Waals surface area contributed by atoms with Gasteiger partial charge < -0.3 is 4.74 Å². The number of nitrogens with zero attached hydrogens (tertiary/aromatic N) is 5. The number of aromatic nitrogens is 5. The molecule has 0 saturated carbocycles. The molecular weight excluding hydrogens is 272 g/mol. The molecule has 0 fully saturated rings. The van der Waals surface area contributed by atoms with Crippen LogP contribution in [0.4, 0.5) is 8.78 Å². The Labute approximate surface area is 112 Å². The molecule has 0 spiro atoms. The third-order valence-electron chi connectivity index (χ3n) is 2.38. The van der Waals surface area contributed by atoms with E-state index in [-0.39, 0.29) is 13.2 Å². The van der Waals surface area contributed by atoms with E-state index in [1.54, 1.807) is 6.92 Å². The molecule has 0 aliphatic carbocycles. The standard InChI is InChI=1S/C11H11F2N5O2/c1-2-20-11(19)8-9(10(12)13)18(17-16-8)6-7-5-14-3-4-15-7/h3-5,10H,2,6H2,1H3. The molecule has 0 bridgehead atoms. The predicted octanol–water partition coefficient (Wildman–Crippen LogP) is 1.23. The van der Waals surface area contributed by atoms with E-state index < -0.39 is 23.8 Å². The molecule has 0 N–H and O–H groups in total. The summed E-state index contributed by atoms with van der Waals surface area (Å²) in [5.74, 6) is -0.923. The van der Waals surface area contributed by atoms with E-state index in [0.717, 1.165) is 4.68 Å². The molecule has 2 heterocycles. The Bertz CT molecular complexity index is 588. The Morgan fingerprint density at radius 3 is 2.85 bits per heavy atom. The summed E-state index contributed by atoms with van der Waals surface area (Å²) in [4.78, 5) is 19.3. The van der Waals surface area contributed by atoms with Gasteiger partial charge in [0.05, 0.1) is 25.0 Å². The van der Waals surface area contributed by atoms with Crippen molar-refractivity contribution in [3.8, 4) is 0 Å². The molecule has 106 valence electrons. The van der Waals surface area contributed by atoms with Crippen molar-refractivity contribution < 1.29 is 18.3 Å². The van der Waals surface area contributed by atoms with Gasteiger partial charge in [0.15, 0.2) is 5.69 Å². The summed E-state index contributed by atoms with van der Waals surface area (Å²) in [6.07, 6.45) is 1.41. The Morgan fingerprint density at radius 1 is 1.45 bits per heavy atom. The number of carbonyl (C=O) groups is 1. The molecule has 7 nitrogen and oxygen atoms in total. The fraction of sp³-hybridized carbons (Fsp3) is 0.364.